The van der Waals surface area contributed by atoms with E-state index in [4.69, 9.17) is 4.98 Å². The summed E-state index contributed by atoms with van der Waals surface area (Å²) in [6.07, 6.45) is 15.1. The van der Waals surface area contributed by atoms with Gasteiger partial charge in [-0.25, -0.2) is 19.9 Å². The average molecular weight is 361 g/mol. The van der Waals surface area contributed by atoms with E-state index in [0.717, 1.165) is 41.3 Å². The minimum absolute atomic E-state index is 0.708. The van der Waals surface area contributed by atoms with Gasteiger partial charge in [0.25, 0.3) is 0 Å². The molecule has 27 heavy (non-hydrogen) atoms. The number of nitrogens with one attached hydrogen (secondary N) is 1. The van der Waals surface area contributed by atoms with Gasteiger partial charge < -0.3 is 10.2 Å². The van der Waals surface area contributed by atoms with Crippen molar-refractivity contribution >= 4 is 17.3 Å². The highest BCUT2D eigenvalue weighted by molar-refractivity contribution is 5.83. The molecule has 0 atom stereocenters. The summed E-state index contributed by atoms with van der Waals surface area (Å²) in [6, 6.07) is 0. The monoisotopic (exact) mass is 361 g/mol. The third-order valence-corrected chi connectivity index (χ3v) is 5.60. The molecule has 1 aliphatic carbocycles. The average Bonchev–Trinajstić information content (AvgIpc) is 3.33. The summed E-state index contributed by atoms with van der Waals surface area (Å²) in [4.78, 5) is 20.3. The van der Waals surface area contributed by atoms with Crippen molar-refractivity contribution in [2.75, 3.05) is 32.0 Å². The Bertz CT molecular complexity index is 998. The first kappa shape index (κ1) is 16.4. The lowest BCUT2D eigenvalue weighted by molar-refractivity contribution is 0.226. The Labute approximate surface area is 158 Å². The van der Waals surface area contributed by atoms with Crippen molar-refractivity contribution in [2.45, 2.75) is 19.3 Å². The van der Waals surface area contributed by atoms with Gasteiger partial charge in [-0.3, -0.25) is 4.40 Å². The Kier molecular flexibility index (Phi) is 4.09. The molecule has 4 heterocycles. The lowest BCUT2D eigenvalue weighted by Gasteiger charge is -2.28. The van der Waals surface area contributed by atoms with E-state index in [0.29, 0.717) is 11.7 Å². The lowest BCUT2D eigenvalue weighted by atomic mass is 9.97. The van der Waals surface area contributed by atoms with Gasteiger partial charge in [0.15, 0.2) is 0 Å². The van der Waals surface area contributed by atoms with Crippen LogP contribution in [0.25, 0.3) is 11.4 Å². The molecule has 3 aromatic heterocycles. The molecule has 0 unspecified atom stereocenters. The smallest absolute Gasteiger partial charge is 0.233 e. The minimum atomic E-state index is 0.708. The van der Waals surface area contributed by atoms with Gasteiger partial charge in [-0.05, 0) is 44.5 Å². The van der Waals surface area contributed by atoms with Crippen LogP contribution in [0.2, 0.25) is 0 Å². The molecule has 5 rings (SSSR count). The summed E-state index contributed by atoms with van der Waals surface area (Å²) in [5.74, 6) is 2.16. The molecule has 0 aromatic carbocycles. The maximum Gasteiger partial charge on any atom is 0.233 e. The largest absolute Gasteiger partial charge is 0.354 e. The second-order valence-electron chi connectivity index (χ2n) is 7.48. The van der Waals surface area contributed by atoms with Crippen LogP contribution in [0.5, 0.6) is 0 Å². The maximum atomic E-state index is 4.76. The molecule has 0 saturated carbocycles. The number of hydrogen-bond donors (Lipinski definition) is 1. The zero-order valence-corrected chi connectivity index (χ0v) is 15.5. The van der Waals surface area contributed by atoms with Gasteiger partial charge in [-0.1, -0.05) is 6.08 Å². The van der Waals surface area contributed by atoms with E-state index in [1.807, 2.05) is 23.0 Å². The molecule has 0 bridgehead atoms. The fraction of sp³-hybridized carbons (Fsp3) is 0.400. The van der Waals surface area contributed by atoms with Gasteiger partial charge in [0.1, 0.15) is 0 Å². The van der Waals surface area contributed by atoms with Crippen LogP contribution in [0, 0.1) is 5.92 Å². The van der Waals surface area contributed by atoms with Gasteiger partial charge in [0.05, 0.1) is 5.69 Å². The van der Waals surface area contributed by atoms with Crippen LogP contribution in [-0.4, -0.2) is 55.9 Å². The number of fused-ring (bicyclic) bond motifs is 2. The highest BCUT2D eigenvalue weighted by Crippen LogP contribution is 2.31. The number of piperidine rings is 1. The van der Waals surface area contributed by atoms with E-state index in [1.54, 1.807) is 6.20 Å². The van der Waals surface area contributed by atoms with Crippen LogP contribution in [0.4, 0.5) is 5.95 Å². The minimum Gasteiger partial charge on any atom is -0.354 e. The van der Waals surface area contributed by atoms with Gasteiger partial charge in [0, 0.05) is 55.1 Å². The summed E-state index contributed by atoms with van der Waals surface area (Å²) in [6.45, 7) is 3.31. The zero-order valence-electron chi connectivity index (χ0n) is 15.5. The molecule has 0 spiro atoms. The van der Waals surface area contributed by atoms with Crippen LogP contribution in [-0.2, 0) is 6.42 Å². The quantitative estimate of drug-likeness (QED) is 0.769. The van der Waals surface area contributed by atoms with E-state index in [9.17, 15) is 0 Å². The number of rotatable bonds is 4. The van der Waals surface area contributed by atoms with Crippen LogP contribution >= 0.6 is 0 Å². The van der Waals surface area contributed by atoms with Crippen LogP contribution < -0.4 is 5.32 Å². The van der Waals surface area contributed by atoms with E-state index in [1.165, 1.54) is 25.9 Å². The first-order chi connectivity index (χ1) is 13.3. The molecule has 0 radical (unpaired) electrons. The number of hydrogen-bond acceptors (Lipinski definition) is 6. The molecular formula is C20H23N7. The predicted molar refractivity (Wildman–Crippen MR) is 105 cm³/mol. The van der Waals surface area contributed by atoms with Crippen LogP contribution in [0.3, 0.4) is 0 Å². The van der Waals surface area contributed by atoms with E-state index < -0.39 is 0 Å². The Morgan fingerprint density at radius 1 is 1.15 bits per heavy atom. The second kappa shape index (κ2) is 6.74. The molecule has 2 aliphatic rings. The number of aromatic nitrogens is 5. The van der Waals surface area contributed by atoms with Crippen LogP contribution in [0.1, 0.15) is 29.7 Å². The second-order valence-corrected chi connectivity index (χ2v) is 7.48. The molecule has 1 saturated heterocycles. The number of nitrogens with zero attached hydrogens (tertiary/aromatic N) is 6. The molecule has 3 aromatic rings. The zero-order chi connectivity index (χ0) is 18.2. The van der Waals surface area contributed by atoms with Crippen LogP contribution in [0.15, 0.2) is 37.1 Å². The third kappa shape index (κ3) is 3.19. The van der Waals surface area contributed by atoms with Crippen molar-refractivity contribution in [1.82, 2.24) is 29.2 Å². The summed E-state index contributed by atoms with van der Waals surface area (Å²) in [7, 11) is 2.19. The maximum absolute atomic E-state index is 4.76. The van der Waals surface area contributed by atoms with Crippen molar-refractivity contribution < 1.29 is 0 Å². The molecule has 1 fully saturated rings. The van der Waals surface area contributed by atoms with Crippen molar-refractivity contribution in [3.05, 3.63) is 53.9 Å². The Hall–Kier alpha value is -2.80. The number of imidazole rings is 1. The first-order valence-electron chi connectivity index (χ1n) is 9.54. The van der Waals surface area contributed by atoms with E-state index in [2.05, 4.69) is 44.5 Å². The van der Waals surface area contributed by atoms with Gasteiger partial charge >= 0.3 is 0 Å². The summed E-state index contributed by atoms with van der Waals surface area (Å²) < 4.78 is 1.94. The highest BCUT2D eigenvalue weighted by atomic mass is 15.1. The number of anilines is 1. The van der Waals surface area contributed by atoms with Crippen molar-refractivity contribution in [2.24, 2.45) is 5.92 Å². The molecule has 0 amide bonds. The predicted octanol–water partition coefficient (Wildman–Crippen LogP) is 2.26. The van der Waals surface area contributed by atoms with Crippen molar-refractivity contribution in [1.29, 1.82) is 0 Å². The molecule has 1 aliphatic heterocycles. The summed E-state index contributed by atoms with van der Waals surface area (Å²) in [5, 5.41) is 3.45. The van der Waals surface area contributed by atoms with E-state index in [-0.39, 0.29) is 0 Å². The van der Waals surface area contributed by atoms with Crippen molar-refractivity contribution in [3.8, 4) is 0 Å². The van der Waals surface area contributed by atoms with Gasteiger partial charge in [0.2, 0.25) is 11.7 Å². The number of allylic oxidation sites excluding steroid dienone is 1. The lowest BCUT2D eigenvalue weighted by Crippen LogP contribution is -2.33. The van der Waals surface area contributed by atoms with Crippen molar-refractivity contribution in [3.63, 3.8) is 0 Å². The molecule has 1 N–H and O–H groups in total. The Morgan fingerprint density at radius 2 is 2.04 bits per heavy atom. The van der Waals surface area contributed by atoms with Gasteiger partial charge in [-0.2, -0.15) is 0 Å². The molecular weight excluding hydrogens is 338 g/mol. The standard InChI is InChI=1S/C20H23N7/c1-26-7-4-14(5-8-26)10-22-19-23-12-17-16(2-3-18(17)25-19)15-11-24-20-21-6-9-27(20)13-15/h2,6,9,11-14H,3-5,7-8,10H2,1H3,(H,22,23,25). The Morgan fingerprint density at radius 3 is 2.93 bits per heavy atom. The normalized spacial score (nSPS) is 17.9. The molecule has 138 valence electrons. The van der Waals surface area contributed by atoms with Gasteiger partial charge in [-0.15, -0.1) is 0 Å². The molecule has 7 heteroatoms. The highest BCUT2D eigenvalue weighted by Gasteiger charge is 2.20. The topological polar surface area (TPSA) is 71.2 Å². The fourth-order valence-corrected chi connectivity index (χ4v) is 3.92. The first-order valence-corrected chi connectivity index (χ1v) is 9.54. The summed E-state index contributed by atoms with van der Waals surface area (Å²) >= 11 is 0. The third-order valence-electron chi connectivity index (χ3n) is 5.60. The number of likely N-dealkylation sites (tertiary alicyclic amines) is 1. The Balaban J connectivity index is 1.30. The molecule has 7 nitrogen and oxygen atoms in total. The fourth-order valence-electron chi connectivity index (χ4n) is 3.92. The SMILES string of the molecule is CN1CCC(CNc2ncc3c(n2)CC=C3c2cnc3nccn3c2)CC1. The summed E-state index contributed by atoms with van der Waals surface area (Å²) in [5.41, 5.74) is 4.39. The van der Waals surface area contributed by atoms with E-state index >= 15 is 0 Å².